The standard InChI is InChI=1S/C16H20BrNO5/c1-22-13-8-12(14(23-2)7-11(13)17)18-15(19)9-5-3-4-6-10(9)16(20)21/h7-10H,3-6H2,1-2H3,(H,18,19)(H,20,21). The van der Waals surface area contributed by atoms with E-state index in [1.807, 2.05) is 0 Å². The van der Waals surface area contributed by atoms with Gasteiger partial charge in [0.2, 0.25) is 5.91 Å². The molecule has 0 radical (unpaired) electrons. The molecule has 1 aliphatic rings. The van der Waals surface area contributed by atoms with Crippen LogP contribution in [0.4, 0.5) is 5.69 Å². The lowest BCUT2D eigenvalue weighted by Crippen LogP contribution is -2.36. The largest absolute Gasteiger partial charge is 0.495 e. The van der Waals surface area contributed by atoms with E-state index in [1.54, 1.807) is 12.1 Å². The summed E-state index contributed by atoms with van der Waals surface area (Å²) >= 11 is 3.36. The Morgan fingerprint density at radius 3 is 2.30 bits per heavy atom. The Bertz CT molecular complexity index is 604. The molecule has 1 amide bonds. The summed E-state index contributed by atoms with van der Waals surface area (Å²) in [5.41, 5.74) is 0.465. The lowest BCUT2D eigenvalue weighted by molar-refractivity contribution is -0.147. The average Bonchev–Trinajstić information content (AvgIpc) is 2.55. The van der Waals surface area contributed by atoms with E-state index in [9.17, 15) is 14.7 Å². The first-order valence-corrected chi connectivity index (χ1v) is 8.22. The van der Waals surface area contributed by atoms with Gasteiger partial charge in [-0.15, -0.1) is 0 Å². The number of carbonyl (C=O) groups is 2. The number of halogens is 1. The van der Waals surface area contributed by atoms with E-state index in [1.165, 1.54) is 14.2 Å². The number of carboxylic acid groups (broad SMARTS) is 1. The molecule has 0 aromatic heterocycles. The van der Waals surface area contributed by atoms with Crippen LogP contribution in [0.2, 0.25) is 0 Å². The molecule has 1 aliphatic carbocycles. The molecule has 0 aliphatic heterocycles. The van der Waals surface area contributed by atoms with Crippen LogP contribution in [0.15, 0.2) is 16.6 Å². The highest BCUT2D eigenvalue weighted by molar-refractivity contribution is 9.10. The molecule has 6 nitrogen and oxygen atoms in total. The molecule has 7 heteroatoms. The van der Waals surface area contributed by atoms with E-state index in [0.717, 1.165) is 12.8 Å². The SMILES string of the molecule is COc1cc(NC(=O)C2CCCCC2C(=O)O)c(OC)cc1Br. The lowest BCUT2D eigenvalue weighted by atomic mass is 9.78. The molecule has 126 valence electrons. The maximum atomic E-state index is 12.6. The van der Waals surface area contributed by atoms with Crippen molar-refractivity contribution in [3.63, 3.8) is 0 Å². The van der Waals surface area contributed by atoms with E-state index < -0.39 is 17.8 Å². The van der Waals surface area contributed by atoms with Crippen molar-refractivity contribution in [1.82, 2.24) is 0 Å². The summed E-state index contributed by atoms with van der Waals surface area (Å²) in [6, 6.07) is 3.35. The summed E-state index contributed by atoms with van der Waals surface area (Å²) in [6.07, 6.45) is 2.83. The highest BCUT2D eigenvalue weighted by Crippen LogP contribution is 2.37. The molecule has 1 aromatic rings. The predicted octanol–water partition coefficient (Wildman–Crippen LogP) is 3.30. The van der Waals surface area contributed by atoms with E-state index in [4.69, 9.17) is 9.47 Å². The summed E-state index contributed by atoms with van der Waals surface area (Å²) in [7, 11) is 3.03. The number of rotatable bonds is 5. The minimum atomic E-state index is -0.912. The molecule has 0 spiro atoms. The molecular weight excluding hydrogens is 366 g/mol. The minimum Gasteiger partial charge on any atom is -0.495 e. The van der Waals surface area contributed by atoms with Crippen molar-refractivity contribution in [2.75, 3.05) is 19.5 Å². The molecule has 0 heterocycles. The van der Waals surface area contributed by atoms with Crippen molar-refractivity contribution in [2.24, 2.45) is 11.8 Å². The van der Waals surface area contributed by atoms with Crippen molar-refractivity contribution >= 4 is 33.5 Å². The zero-order valence-electron chi connectivity index (χ0n) is 13.1. The van der Waals surface area contributed by atoms with Crippen LogP contribution < -0.4 is 14.8 Å². The second-order valence-electron chi connectivity index (χ2n) is 5.51. The molecule has 2 N–H and O–H groups in total. The van der Waals surface area contributed by atoms with Gasteiger partial charge in [-0.25, -0.2) is 0 Å². The van der Waals surface area contributed by atoms with Crippen LogP contribution in [0, 0.1) is 11.8 Å². The average molecular weight is 386 g/mol. The third-order valence-corrected chi connectivity index (χ3v) is 4.77. The smallest absolute Gasteiger partial charge is 0.307 e. The molecule has 2 rings (SSSR count). The number of methoxy groups -OCH3 is 2. The van der Waals surface area contributed by atoms with Gasteiger partial charge in [-0.1, -0.05) is 12.8 Å². The Balaban J connectivity index is 2.23. The van der Waals surface area contributed by atoms with Crippen molar-refractivity contribution in [2.45, 2.75) is 25.7 Å². The van der Waals surface area contributed by atoms with E-state index in [0.29, 0.717) is 34.5 Å². The number of carbonyl (C=O) groups excluding carboxylic acids is 1. The normalized spacial score (nSPS) is 20.7. The Kier molecular flexibility index (Phi) is 5.87. The first-order chi connectivity index (χ1) is 11.0. The Labute approximate surface area is 143 Å². The molecule has 2 atom stereocenters. The van der Waals surface area contributed by atoms with Gasteiger partial charge in [-0.3, -0.25) is 9.59 Å². The fraction of sp³-hybridized carbons (Fsp3) is 0.500. The summed E-state index contributed by atoms with van der Waals surface area (Å²) in [5, 5.41) is 12.1. The van der Waals surface area contributed by atoms with Crippen LogP contribution in [0.1, 0.15) is 25.7 Å². The fourth-order valence-corrected chi connectivity index (χ4v) is 3.41. The molecule has 0 saturated heterocycles. The van der Waals surface area contributed by atoms with E-state index in [2.05, 4.69) is 21.2 Å². The third kappa shape index (κ3) is 3.96. The number of ether oxygens (including phenoxy) is 2. The fourth-order valence-electron chi connectivity index (χ4n) is 2.92. The van der Waals surface area contributed by atoms with Crippen molar-refractivity contribution in [3.05, 3.63) is 16.6 Å². The summed E-state index contributed by atoms with van der Waals surface area (Å²) in [6.45, 7) is 0. The van der Waals surface area contributed by atoms with Crippen LogP contribution in [0.5, 0.6) is 11.5 Å². The topological polar surface area (TPSA) is 84.9 Å². The Morgan fingerprint density at radius 2 is 1.74 bits per heavy atom. The summed E-state index contributed by atoms with van der Waals surface area (Å²) in [5.74, 6) is -1.33. The molecule has 1 fully saturated rings. The number of benzene rings is 1. The van der Waals surface area contributed by atoms with Crippen molar-refractivity contribution < 1.29 is 24.2 Å². The summed E-state index contributed by atoms with van der Waals surface area (Å²) < 4.78 is 11.2. The maximum Gasteiger partial charge on any atom is 0.307 e. The Hall–Kier alpha value is -1.76. The molecule has 0 bridgehead atoms. The van der Waals surface area contributed by atoms with Gasteiger partial charge < -0.3 is 19.9 Å². The number of hydrogen-bond donors (Lipinski definition) is 2. The number of nitrogens with one attached hydrogen (secondary N) is 1. The molecule has 2 unspecified atom stereocenters. The van der Waals surface area contributed by atoms with Crippen molar-refractivity contribution in [1.29, 1.82) is 0 Å². The first kappa shape index (κ1) is 17.6. The molecule has 23 heavy (non-hydrogen) atoms. The van der Waals surface area contributed by atoms with Gasteiger partial charge in [0.1, 0.15) is 11.5 Å². The van der Waals surface area contributed by atoms with Crippen LogP contribution in [0.25, 0.3) is 0 Å². The van der Waals surface area contributed by atoms with E-state index in [-0.39, 0.29) is 5.91 Å². The van der Waals surface area contributed by atoms with Crippen molar-refractivity contribution in [3.8, 4) is 11.5 Å². The Morgan fingerprint density at radius 1 is 1.13 bits per heavy atom. The van der Waals surface area contributed by atoms with Gasteiger partial charge >= 0.3 is 5.97 Å². The zero-order chi connectivity index (χ0) is 17.0. The highest BCUT2D eigenvalue weighted by Gasteiger charge is 2.36. The van der Waals surface area contributed by atoms with Gasteiger partial charge in [0.25, 0.3) is 0 Å². The number of hydrogen-bond acceptors (Lipinski definition) is 4. The molecule has 1 saturated carbocycles. The van der Waals surface area contributed by atoms with E-state index >= 15 is 0 Å². The molecular formula is C16H20BrNO5. The van der Waals surface area contributed by atoms with Crippen LogP contribution in [-0.4, -0.2) is 31.2 Å². The second-order valence-corrected chi connectivity index (χ2v) is 6.37. The quantitative estimate of drug-likeness (QED) is 0.811. The number of amides is 1. The first-order valence-electron chi connectivity index (χ1n) is 7.43. The highest BCUT2D eigenvalue weighted by atomic mass is 79.9. The minimum absolute atomic E-state index is 0.292. The van der Waals surface area contributed by atoms with Gasteiger partial charge in [0, 0.05) is 12.1 Å². The van der Waals surface area contributed by atoms with Gasteiger partial charge in [0.05, 0.1) is 36.2 Å². The van der Waals surface area contributed by atoms with Gasteiger partial charge in [0.15, 0.2) is 0 Å². The maximum absolute atomic E-state index is 12.6. The number of anilines is 1. The monoisotopic (exact) mass is 385 g/mol. The second kappa shape index (κ2) is 7.68. The third-order valence-electron chi connectivity index (χ3n) is 4.15. The van der Waals surface area contributed by atoms with Gasteiger partial charge in [-0.05, 0) is 28.8 Å². The number of aliphatic carboxylic acids is 1. The predicted molar refractivity (Wildman–Crippen MR) is 89.0 cm³/mol. The zero-order valence-corrected chi connectivity index (χ0v) is 14.7. The lowest BCUT2D eigenvalue weighted by Gasteiger charge is -2.27. The summed E-state index contributed by atoms with van der Waals surface area (Å²) in [4.78, 5) is 23.9. The molecule has 1 aromatic carbocycles. The van der Waals surface area contributed by atoms with Gasteiger partial charge in [-0.2, -0.15) is 0 Å². The van der Waals surface area contributed by atoms with Crippen LogP contribution in [-0.2, 0) is 9.59 Å². The number of carboxylic acids is 1. The van der Waals surface area contributed by atoms with Crippen LogP contribution in [0.3, 0.4) is 0 Å². The van der Waals surface area contributed by atoms with Crippen LogP contribution >= 0.6 is 15.9 Å².